The molecule has 3 amide bonds. The first-order valence-electron chi connectivity index (χ1n) is 14.6. The zero-order valence-corrected chi connectivity index (χ0v) is 23.5. The molecular weight excluding hydrogens is 494 g/mol. The normalized spacial score (nSPS) is 26.0. The largest absolute Gasteiger partial charge is 0.465 e. The van der Waals surface area contributed by atoms with Crippen molar-refractivity contribution in [2.24, 2.45) is 11.8 Å². The Morgan fingerprint density at radius 2 is 1.64 bits per heavy atom. The molecule has 1 aromatic carbocycles. The number of amides is 3. The summed E-state index contributed by atoms with van der Waals surface area (Å²) in [5, 5.41) is 5.85. The van der Waals surface area contributed by atoms with E-state index in [0.717, 1.165) is 44.1 Å². The van der Waals surface area contributed by atoms with Gasteiger partial charge in [-0.1, -0.05) is 56.3 Å². The van der Waals surface area contributed by atoms with Crippen LogP contribution in [0.3, 0.4) is 0 Å². The van der Waals surface area contributed by atoms with Crippen LogP contribution in [0.15, 0.2) is 42.5 Å². The summed E-state index contributed by atoms with van der Waals surface area (Å²) < 4.78 is 5.55. The molecule has 2 bridgehead atoms. The lowest BCUT2D eigenvalue weighted by Gasteiger charge is -2.35. The number of cyclic esters (lactones) is 1. The molecule has 3 rings (SSSR count). The van der Waals surface area contributed by atoms with Gasteiger partial charge in [0.05, 0.1) is 12.5 Å². The maximum Gasteiger partial charge on any atom is 0.310 e. The van der Waals surface area contributed by atoms with Crippen LogP contribution in [-0.2, 0) is 30.3 Å². The molecule has 1 fully saturated rings. The number of benzene rings is 1. The van der Waals surface area contributed by atoms with Crippen LogP contribution in [0.2, 0.25) is 0 Å². The third-order valence-electron chi connectivity index (χ3n) is 7.43. The topological polar surface area (TPSA) is 105 Å². The fourth-order valence-electron chi connectivity index (χ4n) is 5.12. The highest BCUT2D eigenvalue weighted by Crippen LogP contribution is 2.20. The van der Waals surface area contributed by atoms with Crippen molar-refractivity contribution in [3.8, 4) is 0 Å². The maximum atomic E-state index is 13.8. The number of carbonyl (C=O) groups excluding carboxylic acids is 4. The molecule has 1 aromatic rings. The highest BCUT2D eigenvalue weighted by molar-refractivity contribution is 5.92. The van der Waals surface area contributed by atoms with Gasteiger partial charge in [-0.2, -0.15) is 0 Å². The molecule has 8 heteroatoms. The molecule has 0 spiro atoms. The minimum atomic E-state index is -0.808. The van der Waals surface area contributed by atoms with E-state index in [1.165, 1.54) is 0 Å². The molecule has 2 N–H and O–H groups in total. The number of nitrogens with one attached hydrogen (secondary N) is 2. The quantitative estimate of drug-likeness (QED) is 0.447. The summed E-state index contributed by atoms with van der Waals surface area (Å²) in [6, 6.07) is 8.00. The molecule has 2 aliphatic heterocycles. The molecule has 0 unspecified atom stereocenters. The van der Waals surface area contributed by atoms with Gasteiger partial charge in [0, 0.05) is 25.9 Å². The number of piperidine rings is 1. The Balaban J connectivity index is 1.79. The smallest absolute Gasteiger partial charge is 0.310 e. The van der Waals surface area contributed by atoms with Gasteiger partial charge in [0.25, 0.3) is 0 Å². The highest BCUT2D eigenvalue weighted by Gasteiger charge is 2.35. The van der Waals surface area contributed by atoms with Crippen LogP contribution in [0.4, 0.5) is 0 Å². The van der Waals surface area contributed by atoms with Gasteiger partial charge in [-0.25, -0.2) is 0 Å². The summed E-state index contributed by atoms with van der Waals surface area (Å²) in [5.41, 5.74) is 0.921. The van der Waals surface area contributed by atoms with Crippen molar-refractivity contribution in [1.29, 1.82) is 0 Å². The van der Waals surface area contributed by atoms with Crippen LogP contribution in [0.25, 0.3) is 0 Å². The van der Waals surface area contributed by atoms with Crippen molar-refractivity contribution in [3.63, 3.8) is 0 Å². The second kappa shape index (κ2) is 16.1. The first kappa shape index (κ1) is 30.4. The Labute approximate surface area is 232 Å². The van der Waals surface area contributed by atoms with E-state index < -0.39 is 12.1 Å². The Morgan fingerprint density at radius 1 is 0.923 bits per heavy atom. The summed E-state index contributed by atoms with van der Waals surface area (Å²) in [4.78, 5) is 54.3. The van der Waals surface area contributed by atoms with Gasteiger partial charge in [0.15, 0.2) is 0 Å². The van der Waals surface area contributed by atoms with Gasteiger partial charge in [-0.05, 0) is 62.8 Å². The van der Waals surface area contributed by atoms with E-state index in [0.29, 0.717) is 38.8 Å². The number of fused-ring (bicyclic) bond motifs is 2. The molecule has 8 nitrogen and oxygen atoms in total. The molecule has 0 aliphatic carbocycles. The summed E-state index contributed by atoms with van der Waals surface area (Å²) in [7, 11) is 0. The van der Waals surface area contributed by atoms with Crippen molar-refractivity contribution < 1.29 is 23.9 Å². The Kier molecular flexibility index (Phi) is 12.5. The lowest BCUT2D eigenvalue weighted by Crippen LogP contribution is -2.57. The van der Waals surface area contributed by atoms with Gasteiger partial charge in [-0.15, -0.1) is 0 Å². The van der Waals surface area contributed by atoms with Crippen molar-refractivity contribution in [2.45, 2.75) is 90.1 Å². The SMILES string of the molecule is CC(C)[C@@H]1NC(=O)CCCC/C=C/CCCCOC(=O)[C@@H]2CCCN(C2)C(=O)[C@H](Cc2ccccc2)NC1=O. The van der Waals surface area contributed by atoms with E-state index in [2.05, 4.69) is 22.8 Å². The van der Waals surface area contributed by atoms with Crippen LogP contribution >= 0.6 is 0 Å². The summed E-state index contributed by atoms with van der Waals surface area (Å²) in [6.45, 7) is 4.96. The van der Waals surface area contributed by atoms with E-state index in [-0.39, 0.29) is 42.1 Å². The zero-order valence-electron chi connectivity index (χ0n) is 23.5. The lowest BCUT2D eigenvalue weighted by molar-refractivity contribution is -0.152. The van der Waals surface area contributed by atoms with E-state index in [4.69, 9.17) is 4.74 Å². The van der Waals surface area contributed by atoms with E-state index >= 15 is 0 Å². The fraction of sp³-hybridized carbons (Fsp3) is 0.613. The molecule has 0 saturated carbocycles. The van der Waals surface area contributed by atoms with E-state index in [1.54, 1.807) is 4.90 Å². The minimum absolute atomic E-state index is 0.149. The van der Waals surface area contributed by atoms with Crippen molar-refractivity contribution in [2.75, 3.05) is 19.7 Å². The maximum absolute atomic E-state index is 13.8. The van der Waals surface area contributed by atoms with Crippen LogP contribution in [0.1, 0.15) is 77.2 Å². The van der Waals surface area contributed by atoms with Crippen molar-refractivity contribution >= 4 is 23.7 Å². The van der Waals surface area contributed by atoms with Crippen LogP contribution in [-0.4, -0.2) is 60.4 Å². The monoisotopic (exact) mass is 539 g/mol. The number of hydrogen-bond acceptors (Lipinski definition) is 5. The first-order valence-corrected chi connectivity index (χ1v) is 14.6. The number of hydrogen-bond donors (Lipinski definition) is 2. The summed E-state index contributed by atoms with van der Waals surface area (Å²) in [5.74, 6) is -1.51. The third-order valence-corrected chi connectivity index (χ3v) is 7.43. The predicted molar refractivity (Wildman–Crippen MR) is 151 cm³/mol. The molecule has 2 aliphatic rings. The highest BCUT2D eigenvalue weighted by atomic mass is 16.5. The van der Waals surface area contributed by atoms with E-state index in [1.807, 2.05) is 44.2 Å². The molecule has 3 atom stereocenters. The average molecular weight is 540 g/mol. The number of esters is 1. The standard InChI is InChI=1S/C31H45N3O5/c1-23(2)28-29(36)32-26(21-24-15-10-9-11-16-24)30(37)34-19-14-17-25(22-34)31(38)39-20-13-8-6-4-3-5-7-12-18-27(35)33-28/h3-4,9-11,15-16,23,25-26,28H,5-8,12-14,17-22H2,1-2H3,(H,32,36)(H,33,35)/b4-3+/t25-,26+,28+/m1/s1. The second-order valence-corrected chi connectivity index (χ2v) is 11.0. The predicted octanol–water partition coefficient (Wildman–Crippen LogP) is 3.94. The van der Waals surface area contributed by atoms with Gasteiger partial charge < -0.3 is 20.3 Å². The van der Waals surface area contributed by atoms with Gasteiger partial charge in [0.2, 0.25) is 17.7 Å². The Hall–Kier alpha value is -3.16. The average Bonchev–Trinajstić information content (AvgIpc) is 2.93. The number of rotatable bonds is 3. The van der Waals surface area contributed by atoms with Crippen LogP contribution in [0, 0.1) is 11.8 Å². The molecule has 0 aromatic heterocycles. The molecule has 1 saturated heterocycles. The van der Waals surface area contributed by atoms with Gasteiger partial charge in [-0.3, -0.25) is 19.2 Å². The Bertz CT molecular complexity index is 978. The minimum Gasteiger partial charge on any atom is -0.465 e. The molecule has 0 radical (unpaired) electrons. The van der Waals surface area contributed by atoms with Crippen molar-refractivity contribution in [1.82, 2.24) is 15.5 Å². The van der Waals surface area contributed by atoms with Crippen LogP contribution in [0.5, 0.6) is 0 Å². The summed E-state index contributed by atoms with van der Waals surface area (Å²) in [6.07, 6.45) is 11.6. The van der Waals surface area contributed by atoms with Gasteiger partial charge >= 0.3 is 5.97 Å². The number of allylic oxidation sites excluding steroid dienone is 2. The summed E-state index contributed by atoms with van der Waals surface area (Å²) >= 11 is 0. The number of ether oxygens (including phenoxy) is 1. The molecule has 214 valence electrons. The Morgan fingerprint density at radius 3 is 2.36 bits per heavy atom. The fourth-order valence-corrected chi connectivity index (χ4v) is 5.12. The first-order chi connectivity index (χ1) is 18.8. The van der Waals surface area contributed by atoms with Crippen LogP contribution < -0.4 is 10.6 Å². The molecule has 2 heterocycles. The zero-order chi connectivity index (χ0) is 28.0. The number of carbonyl (C=O) groups is 4. The van der Waals surface area contributed by atoms with E-state index in [9.17, 15) is 19.2 Å². The third kappa shape index (κ3) is 10.2. The second-order valence-electron chi connectivity index (χ2n) is 11.0. The molecule has 39 heavy (non-hydrogen) atoms. The van der Waals surface area contributed by atoms with Crippen molar-refractivity contribution in [3.05, 3.63) is 48.0 Å². The van der Waals surface area contributed by atoms with Gasteiger partial charge in [0.1, 0.15) is 12.1 Å². The molecular formula is C31H45N3O5. The lowest BCUT2D eigenvalue weighted by atomic mass is 9.96. The number of nitrogens with zero attached hydrogens (tertiary/aromatic N) is 1.